The Balaban J connectivity index is 2.17. The first-order chi connectivity index (χ1) is 8.08. The smallest absolute Gasteiger partial charge is 0.275 e. The van der Waals surface area contributed by atoms with Crippen LogP contribution in [0.2, 0.25) is 0 Å². The number of carbonyl (C=O) groups excluding carboxylic acids is 1. The van der Waals surface area contributed by atoms with Crippen molar-refractivity contribution in [2.24, 2.45) is 0 Å². The van der Waals surface area contributed by atoms with Gasteiger partial charge in [0.25, 0.3) is 5.91 Å². The van der Waals surface area contributed by atoms with Crippen molar-refractivity contribution >= 4 is 17.4 Å². The predicted octanol–water partition coefficient (Wildman–Crippen LogP) is 1.09. The van der Waals surface area contributed by atoms with Gasteiger partial charge in [0.15, 0.2) is 5.82 Å². The van der Waals surface area contributed by atoms with Crippen LogP contribution in [0.1, 0.15) is 16.2 Å². The van der Waals surface area contributed by atoms with Crippen LogP contribution in [0.15, 0.2) is 18.3 Å². The molecule has 0 radical (unpaired) electrons. The molecule has 0 fully saturated rings. The maximum atomic E-state index is 12.6. The molecule has 0 saturated carbocycles. The second-order valence-electron chi connectivity index (χ2n) is 3.43. The molecule has 0 aliphatic heterocycles. The second-order valence-corrected chi connectivity index (χ2v) is 3.43. The highest BCUT2D eigenvalue weighted by Crippen LogP contribution is 2.18. The van der Waals surface area contributed by atoms with Gasteiger partial charge in [0.1, 0.15) is 11.5 Å². The van der Waals surface area contributed by atoms with Crippen LogP contribution >= 0.6 is 0 Å². The number of carbonyl (C=O) groups is 1. The summed E-state index contributed by atoms with van der Waals surface area (Å²) in [5.74, 6) is -0.765. The van der Waals surface area contributed by atoms with Gasteiger partial charge in [-0.15, -0.1) is 0 Å². The number of nitrogen functional groups attached to an aromatic ring is 1. The fraction of sp³-hybridized carbons (Fsp3) is 0.100. The van der Waals surface area contributed by atoms with Crippen molar-refractivity contribution < 1.29 is 9.18 Å². The van der Waals surface area contributed by atoms with Gasteiger partial charge in [0.05, 0.1) is 17.6 Å². The van der Waals surface area contributed by atoms with Gasteiger partial charge >= 0.3 is 0 Å². The van der Waals surface area contributed by atoms with E-state index in [9.17, 15) is 9.18 Å². The molecule has 1 amide bonds. The van der Waals surface area contributed by atoms with E-state index in [1.807, 2.05) is 0 Å². The zero-order valence-corrected chi connectivity index (χ0v) is 8.99. The van der Waals surface area contributed by atoms with Crippen LogP contribution in [0.5, 0.6) is 0 Å². The van der Waals surface area contributed by atoms with E-state index >= 15 is 0 Å². The fourth-order valence-electron chi connectivity index (χ4n) is 1.21. The van der Waals surface area contributed by atoms with Crippen LogP contribution in [-0.2, 0) is 0 Å². The van der Waals surface area contributed by atoms with Gasteiger partial charge in [-0.3, -0.25) is 9.89 Å². The molecule has 17 heavy (non-hydrogen) atoms. The van der Waals surface area contributed by atoms with Crippen LogP contribution in [0.25, 0.3) is 0 Å². The highest BCUT2D eigenvalue weighted by Gasteiger charge is 2.12. The fourth-order valence-corrected chi connectivity index (χ4v) is 1.21. The van der Waals surface area contributed by atoms with Crippen molar-refractivity contribution in [2.45, 2.75) is 6.92 Å². The standard InChI is InChI=1S/C10H10FN5O/c1-5-8(12)9(16-15-5)14-10(17)7-3-2-6(11)4-13-7/h2-4H,12H2,1H3,(H2,14,15,16,17). The molecular formula is C10H10FN5O. The third-order valence-electron chi connectivity index (χ3n) is 2.19. The molecule has 0 aliphatic rings. The van der Waals surface area contributed by atoms with Crippen molar-refractivity contribution in [1.82, 2.24) is 15.2 Å². The van der Waals surface area contributed by atoms with E-state index < -0.39 is 11.7 Å². The van der Waals surface area contributed by atoms with E-state index in [4.69, 9.17) is 5.73 Å². The highest BCUT2D eigenvalue weighted by molar-refractivity contribution is 6.03. The Hall–Kier alpha value is -2.44. The van der Waals surface area contributed by atoms with E-state index in [0.29, 0.717) is 11.4 Å². The molecule has 88 valence electrons. The number of anilines is 2. The Morgan fingerprint density at radius 2 is 2.29 bits per heavy atom. The average molecular weight is 235 g/mol. The van der Waals surface area contributed by atoms with Crippen LogP contribution in [0, 0.1) is 12.7 Å². The molecule has 0 aliphatic carbocycles. The molecule has 0 atom stereocenters. The van der Waals surface area contributed by atoms with Crippen molar-refractivity contribution in [3.05, 3.63) is 35.5 Å². The lowest BCUT2D eigenvalue weighted by molar-refractivity contribution is 0.102. The van der Waals surface area contributed by atoms with Gasteiger partial charge in [-0.1, -0.05) is 0 Å². The monoisotopic (exact) mass is 235 g/mol. The highest BCUT2D eigenvalue weighted by atomic mass is 19.1. The first-order valence-corrected chi connectivity index (χ1v) is 4.81. The largest absolute Gasteiger partial charge is 0.394 e. The lowest BCUT2D eigenvalue weighted by Gasteiger charge is -2.02. The van der Waals surface area contributed by atoms with Crippen LogP contribution < -0.4 is 11.1 Å². The van der Waals surface area contributed by atoms with Crippen molar-refractivity contribution in [3.8, 4) is 0 Å². The van der Waals surface area contributed by atoms with Crippen molar-refractivity contribution in [3.63, 3.8) is 0 Å². The normalized spacial score (nSPS) is 10.2. The molecule has 2 heterocycles. The number of nitrogens with zero attached hydrogens (tertiary/aromatic N) is 2. The Bertz CT molecular complexity index is 548. The Kier molecular flexibility index (Phi) is 2.73. The van der Waals surface area contributed by atoms with Gasteiger partial charge < -0.3 is 11.1 Å². The summed E-state index contributed by atoms with van der Waals surface area (Å²) in [4.78, 5) is 15.3. The molecule has 0 saturated heterocycles. The van der Waals surface area contributed by atoms with Crippen molar-refractivity contribution in [1.29, 1.82) is 0 Å². The van der Waals surface area contributed by atoms with Gasteiger partial charge in [0, 0.05) is 0 Å². The summed E-state index contributed by atoms with van der Waals surface area (Å²) in [6.07, 6.45) is 0.966. The third-order valence-corrected chi connectivity index (χ3v) is 2.19. The molecular weight excluding hydrogens is 225 g/mol. The number of nitrogens with one attached hydrogen (secondary N) is 2. The van der Waals surface area contributed by atoms with Crippen molar-refractivity contribution in [2.75, 3.05) is 11.1 Å². The minimum atomic E-state index is -0.503. The number of pyridine rings is 1. The molecule has 4 N–H and O–H groups in total. The zero-order valence-electron chi connectivity index (χ0n) is 8.99. The molecule has 0 spiro atoms. The summed E-state index contributed by atoms with van der Waals surface area (Å²) in [6.45, 7) is 1.73. The number of hydrogen-bond donors (Lipinski definition) is 3. The van der Waals surface area contributed by atoms with Gasteiger partial charge in [0.2, 0.25) is 0 Å². The number of hydrogen-bond acceptors (Lipinski definition) is 4. The molecule has 6 nitrogen and oxygen atoms in total. The summed E-state index contributed by atoms with van der Waals surface area (Å²) in [7, 11) is 0. The van der Waals surface area contributed by atoms with Crippen LogP contribution in [-0.4, -0.2) is 21.1 Å². The Morgan fingerprint density at radius 3 is 2.82 bits per heavy atom. The summed E-state index contributed by atoms with van der Waals surface area (Å²) in [5, 5.41) is 8.92. The quantitative estimate of drug-likeness (QED) is 0.725. The molecule has 2 rings (SSSR count). The number of aryl methyl sites for hydroxylation is 1. The number of rotatable bonds is 2. The predicted molar refractivity (Wildman–Crippen MR) is 59.9 cm³/mol. The van der Waals surface area contributed by atoms with Crippen LogP contribution in [0.4, 0.5) is 15.9 Å². The summed E-state index contributed by atoms with van der Waals surface area (Å²) >= 11 is 0. The average Bonchev–Trinajstić information content (AvgIpc) is 2.62. The summed E-state index contributed by atoms with van der Waals surface area (Å²) in [6, 6.07) is 2.43. The first kappa shape index (κ1) is 11.1. The number of aromatic amines is 1. The first-order valence-electron chi connectivity index (χ1n) is 4.81. The maximum Gasteiger partial charge on any atom is 0.275 e. The Labute approximate surface area is 96.1 Å². The SMILES string of the molecule is Cc1[nH]nc(NC(=O)c2ccc(F)cn2)c1N. The summed E-state index contributed by atoms with van der Waals surface area (Å²) < 4.78 is 12.6. The molecule has 2 aromatic rings. The Morgan fingerprint density at radius 1 is 1.53 bits per heavy atom. The van der Waals surface area contributed by atoms with E-state index in [2.05, 4.69) is 20.5 Å². The van der Waals surface area contributed by atoms with E-state index in [0.717, 1.165) is 12.3 Å². The lowest BCUT2D eigenvalue weighted by Crippen LogP contribution is -2.14. The van der Waals surface area contributed by atoms with E-state index in [-0.39, 0.29) is 11.5 Å². The molecule has 0 aromatic carbocycles. The van der Waals surface area contributed by atoms with E-state index in [1.54, 1.807) is 6.92 Å². The maximum absolute atomic E-state index is 12.6. The summed E-state index contributed by atoms with van der Waals surface area (Å²) in [5.41, 5.74) is 6.77. The number of amides is 1. The zero-order chi connectivity index (χ0) is 12.4. The van der Waals surface area contributed by atoms with Gasteiger partial charge in [-0.25, -0.2) is 9.37 Å². The van der Waals surface area contributed by atoms with Crippen LogP contribution in [0.3, 0.4) is 0 Å². The minimum Gasteiger partial charge on any atom is -0.394 e. The molecule has 0 unspecified atom stereocenters. The molecule has 7 heteroatoms. The molecule has 0 bridgehead atoms. The lowest BCUT2D eigenvalue weighted by atomic mass is 10.3. The topological polar surface area (TPSA) is 96.7 Å². The second kappa shape index (κ2) is 4.20. The number of H-pyrrole nitrogens is 1. The number of aromatic nitrogens is 3. The number of halogens is 1. The minimum absolute atomic E-state index is 0.0893. The van der Waals surface area contributed by atoms with Gasteiger partial charge in [-0.2, -0.15) is 5.10 Å². The third kappa shape index (κ3) is 2.22. The molecule has 2 aromatic heterocycles. The number of nitrogens with two attached hydrogens (primary N) is 1. The van der Waals surface area contributed by atoms with Gasteiger partial charge in [-0.05, 0) is 19.1 Å². The van der Waals surface area contributed by atoms with E-state index in [1.165, 1.54) is 6.07 Å².